The fraction of sp³-hybridized carbons (Fsp3) is 0.368. The molecular formula is C19H24ClNO4. The molecule has 6 heteroatoms. The number of halogens is 1. The Balaban J connectivity index is 1.86. The SMILES string of the molecule is COc1ccc([C@@H](O)CNCCc2ccc(OC)c(OC)c2Cl)cc1. The smallest absolute Gasteiger partial charge is 0.179 e. The van der Waals surface area contributed by atoms with Gasteiger partial charge in [0.15, 0.2) is 11.5 Å². The number of nitrogens with one attached hydrogen (secondary N) is 1. The number of aliphatic hydroxyl groups is 1. The Bertz CT molecular complexity index is 676. The quantitative estimate of drug-likeness (QED) is 0.668. The van der Waals surface area contributed by atoms with Gasteiger partial charge >= 0.3 is 0 Å². The maximum absolute atomic E-state index is 10.2. The number of ether oxygens (including phenoxy) is 3. The summed E-state index contributed by atoms with van der Waals surface area (Å²) in [5.41, 5.74) is 1.81. The highest BCUT2D eigenvalue weighted by atomic mass is 35.5. The Hall–Kier alpha value is -1.95. The van der Waals surface area contributed by atoms with Gasteiger partial charge < -0.3 is 24.6 Å². The first kappa shape index (κ1) is 19.4. The molecule has 0 aliphatic rings. The Morgan fingerprint density at radius 3 is 2.32 bits per heavy atom. The molecule has 136 valence electrons. The molecule has 1 atom stereocenters. The third-order valence-electron chi connectivity index (χ3n) is 3.97. The summed E-state index contributed by atoms with van der Waals surface area (Å²) in [6.45, 7) is 1.14. The zero-order valence-electron chi connectivity index (χ0n) is 14.7. The zero-order valence-corrected chi connectivity index (χ0v) is 15.5. The van der Waals surface area contributed by atoms with E-state index in [1.165, 1.54) is 0 Å². The third kappa shape index (κ3) is 5.01. The number of methoxy groups -OCH3 is 3. The highest BCUT2D eigenvalue weighted by Crippen LogP contribution is 2.37. The van der Waals surface area contributed by atoms with Crippen molar-refractivity contribution in [2.45, 2.75) is 12.5 Å². The van der Waals surface area contributed by atoms with Crippen molar-refractivity contribution in [3.05, 3.63) is 52.5 Å². The minimum atomic E-state index is -0.577. The van der Waals surface area contributed by atoms with Gasteiger partial charge in [-0.25, -0.2) is 0 Å². The summed E-state index contributed by atoms with van der Waals surface area (Å²) in [5, 5.41) is 14.0. The molecular weight excluding hydrogens is 342 g/mol. The molecule has 0 radical (unpaired) electrons. The molecule has 2 aromatic rings. The summed E-state index contributed by atoms with van der Waals surface area (Å²) in [6.07, 6.45) is 0.140. The van der Waals surface area contributed by atoms with Gasteiger partial charge in [-0.05, 0) is 42.3 Å². The van der Waals surface area contributed by atoms with Crippen LogP contribution in [0.15, 0.2) is 36.4 Å². The van der Waals surface area contributed by atoms with Crippen LogP contribution in [0.5, 0.6) is 17.2 Å². The Morgan fingerprint density at radius 2 is 1.72 bits per heavy atom. The first-order chi connectivity index (χ1) is 12.1. The fourth-order valence-corrected chi connectivity index (χ4v) is 2.86. The van der Waals surface area contributed by atoms with Crippen LogP contribution in [0, 0.1) is 0 Å². The van der Waals surface area contributed by atoms with Crippen LogP contribution in [0.25, 0.3) is 0 Å². The van der Waals surface area contributed by atoms with Gasteiger partial charge in [-0.3, -0.25) is 0 Å². The summed E-state index contributed by atoms with van der Waals surface area (Å²) < 4.78 is 15.6. The molecule has 0 unspecified atom stereocenters. The molecule has 5 nitrogen and oxygen atoms in total. The van der Waals surface area contributed by atoms with Crippen molar-refractivity contribution in [2.24, 2.45) is 0 Å². The number of aliphatic hydroxyl groups excluding tert-OH is 1. The van der Waals surface area contributed by atoms with Gasteiger partial charge in [0, 0.05) is 6.54 Å². The van der Waals surface area contributed by atoms with Crippen molar-refractivity contribution < 1.29 is 19.3 Å². The molecule has 0 heterocycles. The van der Waals surface area contributed by atoms with E-state index in [2.05, 4.69) is 5.32 Å². The topological polar surface area (TPSA) is 60.0 Å². The van der Waals surface area contributed by atoms with E-state index in [-0.39, 0.29) is 0 Å². The normalized spacial score (nSPS) is 11.9. The maximum atomic E-state index is 10.2. The average Bonchev–Trinajstić information content (AvgIpc) is 2.65. The lowest BCUT2D eigenvalue weighted by Crippen LogP contribution is -2.23. The lowest BCUT2D eigenvalue weighted by molar-refractivity contribution is 0.175. The molecule has 0 aliphatic carbocycles. The second kappa shape index (κ2) is 9.51. The first-order valence-corrected chi connectivity index (χ1v) is 8.40. The summed E-state index contributed by atoms with van der Waals surface area (Å²) in [5.74, 6) is 1.92. The lowest BCUT2D eigenvalue weighted by Gasteiger charge is -2.15. The second-order valence-corrected chi connectivity index (χ2v) is 5.90. The predicted octanol–water partition coefficient (Wildman–Crippen LogP) is 3.23. The second-order valence-electron chi connectivity index (χ2n) is 5.52. The van der Waals surface area contributed by atoms with E-state index in [9.17, 15) is 5.11 Å². The average molecular weight is 366 g/mol. The summed E-state index contributed by atoms with van der Waals surface area (Å²) >= 11 is 6.36. The van der Waals surface area contributed by atoms with Gasteiger partial charge in [-0.2, -0.15) is 0 Å². The van der Waals surface area contributed by atoms with Crippen LogP contribution in [0.4, 0.5) is 0 Å². The van der Waals surface area contributed by atoms with Gasteiger partial charge in [-0.15, -0.1) is 0 Å². The van der Waals surface area contributed by atoms with Crippen LogP contribution in [-0.4, -0.2) is 39.5 Å². The molecule has 2 N–H and O–H groups in total. The molecule has 0 aromatic heterocycles. The van der Waals surface area contributed by atoms with Gasteiger partial charge in [-0.1, -0.05) is 29.8 Å². The summed E-state index contributed by atoms with van der Waals surface area (Å²) in [7, 11) is 4.76. The number of benzene rings is 2. The summed E-state index contributed by atoms with van der Waals surface area (Å²) in [4.78, 5) is 0. The van der Waals surface area contributed by atoms with E-state index in [4.69, 9.17) is 25.8 Å². The van der Waals surface area contributed by atoms with Crippen molar-refractivity contribution in [2.75, 3.05) is 34.4 Å². The molecule has 0 spiro atoms. The first-order valence-electron chi connectivity index (χ1n) is 8.02. The van der Waals surface area contributed by atoms with Crippen LogP contribution in [0.2, 0.25) is 5.02 Å². The standard InChI is InChI=1S/C19H24ClNO4/c1-23-15-7-4-13(5-8-15)16(22)12-21-11-10-14-6-9-17(24-2)19(25-3)18(14)20/h4-9,16,21-22H,10-12H2,1-3H3/t16-/m0/s1. The van der Waals surface area contributed by atoms with Crippen molar-refractivity contribution >= 4 is 11.6 Å². The zero-order chi connectivity index (χ0) is 18.2. The molecule has 25 heavy (non-hydrogen) atoms. The molecule has 0 bridgehead atoms. The Labute approximate surface area is 153 Å². The van der Waals surface area contributed by atoms with E-state index in [0.717, 1.165) is 16.9 Å². The fourth-order valence-electron chi connectivity index (χ4n) is 2.53. The minimum absolute atomic E-state index is 0.456. The molecule has 2 aromatic carbocycles. The minimum Gasteiger partial charge on any atom is -0.497 e. The Kier molecular flexibility index (Phi) is 7.37. The summed E-state index contributed by atoms with van der Waals surface area (Å²) in [6, 6.07) is 11.1. The van der Waals surface area contributed by atoms with E-state index in [0.29, 0.717) is 36.0 Å². The number of hydrogen-bond donors (Lipinski definition) is 2. The van der Waals surface area contributed by atoms with Gasteiger partial charge in [0.2, 0.25) is 0 Å². The van der Waals surface area contributed by atoms with Crippen molar-refractivity contribution in [3.63, 3.8) is 0 Å². The van der Waals surface area contributed by atoms with Crippen LogP contribution in [0.1, 0.15) is 17.2 Å². The van der Waals surface area contributed by atoms with Crippen molar-refractivity contribution in [1.29, 1.82) is 0 Å². The van der Waals surface area contributed by atoms with E-state index in [1.54, 1.807) is 21.3 Å². The predicted molar refractivity (Wildman–Crippen MR) is 99.1 cm³/mol. The van der Waals surface area contributed by atoms with Crippen molar-refractivity contribution in [1.82, 2.24) is 5.32 Å². The molecule has 0 saturated heterocycles. The van der Waals surface area contributed by atoms with Crippen LogP contribution >= 0.6 is 11.6 Å². The van der Waals surface area contributed by atoms with E-state index >= 15 is 0 Å². The van der Waals surface area contributed by atoms with Crippen LogP contribution < -0.4 is 19.5 Å². The van der Waals surface area contributed by atoms with E-state index < -0.39 is 6.10 Å². The number of rotatable bonds is 9. The third-order valence-corrected chi connectivity index (χ3v) is 4.39. The molecule has 0 aliphatic heterocycles. The molecule has 0 saturated carbocycles. The van der Waals surface area contributed by atoms with Gasteiger partial charge in [0.1, 0.15) is 5.75 Å². The maximum Gasteiger partial charge on any atom is 0.179 e. The Morgan fingerprint density at radius 1 is 1.00 bits per heavy atom. The van der Waals surface area contributed by atoms with Gasteiger partial charge in [0.25, 0.3) is 0 Å². The largest absolute Gasteiger partial charge is 0.497 e. The lowest BCUT2D eigenvalue weighted by atomic mass is 10.1. The highest BCUT2D eigenvalue weighted by molar-refractivity contribution is 6.33. The molecule has 2 rings (SSSR count). The van der Waals surface area contributed by atoms with Crippen molar-refractivity contribution in [3.8, 4) is 17.2 Å². The highest BCUT2D eigenvalue weighted by Gasteiger charge is 2.13. The van der Waals surface area contributed by atoms with Crippen LogP contribution in [-0.2, 0) is 6.42 Å². The van der Waals surface area contributed by atoms with Crippen LogP contribution in [0.3, 0.4) is 0 Å². The van der Waals surface area contributed by atoms with E-state index in [1.807, 2.05) is 36.4 Å². The molecule has 0 amide bonds. The monoisotopic (exact) mass is 365 g/mol. The van der Waals surface area contributed by atoms with Gasteiger partial charge in [0.05, 0.1) is 32.5 Å². The number of hydrogen-bond acceptors (Lipinski definition) is 5. The molecule has 0 fully saturated rings.